The first kappa shape index (κ1) is 14.1. The monoisotopic (exact) mass is 336 g/mol. The van der Waals surface area contributed by atoms with E-state index in [-0.39, 0.29) is 5.91 Å². The fourth-order valence-electron chi connectivity index (χ4n) is 3.32. The molecule has 1 atom stereocenters. The van der Waals surface area contributed by atoms with Gasteiger partial charge in [0.05, 0.1) is 0 Å². The molecule has 1 aromatic rings. The Balaban J connectivity index is 1.66. The standard InChI is InChI=1S/C16H21BrN2O/c1-12-4-3-8-18(12)10-11-19-9-7-13-14(16(19)20)5-2-6-15(13)17/h2,5-6,12H,3-4,7-11H2,1H3. The fraction of sp³-hybridized carbons (Fsp3) is 0.562. The molecule has 1 aromatic carbocycles. The van der Waals surface area contributed by atoms with Crippen LogP contribution in [0.25, 0.3) is 0 Å². The molecule has 2 heterocycles. The van der Waals surface area contributed by atoms with Gasteiger partial charge in [0.2, 0.25) is 0 Å². The summed E-state index contributed by atoms with van der Waals surface area (Å²) in [5.41, 5.74) is 2.04. The van der Waals surface area contributed by atoms with Gasteiger partial charge in [0.15, 0.2) is 0 Å². The van der Waals surface area contributed by atoms with Crippen molar-refractivity contribution in [3.05, 3.63) is 33.8 Å². The van der Waals surface area contributed by atoms with E-state index in [0.29, 0.717) is 6.04 Å². The molecular formula is C16H21BrN2O. The third-order valence-corrected chi connectivity index (χ3v) is 5.36. The van der Waals surface area contributed by atoms with Crippen LogP contribution >= 0.6 is 15.9 Å². The van der Waals surface area contributed by atoms with E-state index >= 15 is 0 Å². The highest BCUT2D eigenvalue weighted by atomic mass is 79.9. The molecule has 0 aromatic heterocycles. The third kappa shape index (κ3) is 2.63. The zero-order chi connectivity index (χ0) is 14.1. The Morgan fingerprint density at radius 3 is 2.90 bits per heavy atom. The zero-order valence-corrected chi connectivity index (χ0v) is 13.5. The number of hydrogen-bond donors (Lipinski definition) is 0. The lowest BCUT2D eigenvalue weighted by molar-refractivity contribution is 0.0716. The number of nitrogens with zero attached hydrogens (tertiary/aromatic N) is 2. The van der Waals surface area contributed by atoms with Gasteiger partial charge in [-0.05, 0) is 50.4 Å². The molecule has 20 heavy (non-hydrogen) atoms. The molecule has 1 amide bonds. The number of rotatable bonds is 3. The Kier molecular flexibility index (Phi) is 4.13. The van der Waals surface area contributed by atoms with Gasteiger partial charge in [-0.1, -0.05) is 22.0 Å². The second-order valence-electron chi connectivity index (χ2n) is 5.84. The predicted octanol–water partition coefficient (Wildman–Crippen LogP) is 2.93. The van der Waals surface area contributed by atoms with Crippen molar-refractivity contribution in [2.75, 3.05) is 26.2 Å². The first-order chi connectivity index (χ1) is 9.66. The maximum absolute atomic E-state index is 12.5. The molecule has 0 spiro atoms. The van der Waals surface area contributed by atoms with Crippen molar-refractivity contribution in [1.29, 1.82) is 0 Å². The van der Waals surface area contributed by atoms with E-state index in [1.807, 2.05) is 23.1 Å². The Morgan fingerprint density at radius 2 is 2.15 bits per heavy atom. The van der Waals surface area contributed by atoms with Crippen LogP contribution in [0.5, 0.6) is 0 Å². The van der Waals surface area contributed by atoms with Gasteiger partial charge >= 0.3 is 0 Å². The summed E-state index contributed by atoms with van der Waals surface area (Å²) in [5, 5.41) is 0. The average molecular weight is 337 g/mol. The summed E-state index contributed by atoms with van der Waals surface area (Å²) in [6.07, 6.45) is 3.55. The van der Waals surface area contributed by atoms with E-state index < -0.39 is 0 Å². The first-order valence-corrected chi connectivity index (χ1v) is 8.27. The van der Waals surface area contributed by atoms with E-state index in [0.717, 1.165) is 36.1 Å². The molecule has 1 unspecified atom stereocenters. The minimum atomic E-state index is 0.194. The van der Waals surface area contributed by atoms with Crippen LogP contribution in [-0.2, 0) is 6.42 Å². The van der Waals surface area contributed by atoms with Crippen LogP contribution in [0.4, 0.5) is 0 Å². The zero-order valence-electron chi connectivity index (χ0n) is 11.9. The molecule has 2 aliphatic rings. The average Bonchev–Trinajstić information content (AvgIpc) is 2.84. The van der Waals surface area contributed by atoms with Crippen LogP contribution < -0.4 is 0 Å². The molecule has 0 bridgehead atoms. The van der Waals surface area contributed by atoms with Gasteiger partial charge in [0, 0.05) is 35.7 Å². The van der Waals surface area contributed by atoms with Crippen molar-refractivity contribution in [3.63, 3.8) is 0 Å². The van der Waals surface area contributed by atoms with Crippen molar-refractivity contribution in [2.45, 2.75) is 32.2 Å². The highest BCUT2D eigenvalue weighted by Crippen LogP contribution is 2.26. The van der Waals surface area contributed by atoms with Gasteiger partial charge in [-0.2, -0.15) is 0 Å². The number of benzene rings is 1. The summed E-state index contributed by atoms with van der Waals surface area (Å²) in [4.78, 5) is 17.1. The number of halogens is 1. The largest absolute Gasteiger partial charge is 0.337 e. The quantitative estimate of drug-likeness (QED) is 0.847. The Morgan fingerprint density at radius 1 is 1.30 bits per heavy atom. The van der Waals surface area contributed by atoms with Crippen molar-refractivity contribution in [3.8, 4) is 0 Å². The van der Waals surface area contributed by atoms with Crippen LogP contribution in [0, 0.1) is 0 Å². The second kappa shape index (κ2) is 5.86. The molecular weight excluding hydrogens is 316 g/mol. The molecule has 0 radical (unpaired) electrons. The number of hydrogen-bond acceptors (Lipinski definition) is 2. The number of carbonyl (C=O) groups excluding carboxylic acids is 1. The lowest BCUT2D eigenvalue weighted by atomic mass is 9.99. The topological polar surface area (TPSA) is 23.6 Å². The molecule has 108 valence electrons. The lowest BCUT2D eigenvalue weighted by Gasteiger charge is -2.31. The minimum absolute atomic E-state index is 0.194. The fourth-order valence-corrected chi connectivity index (χ4v) is 3.88. The van der Waals surface area contributed by atoms with Crippen LogP contribution in [0.3, 0.4) is 0 Å². The van der Waals surface area contributed by atoms with Gasteiger partial charge in [-0.25, -0.2) is 0 Å². The third-order valence-electron chi connectivity index (χ3n) is 4.62. The van der Waals surface area contributed by atoms with Crippen LogP contribution in [-0.4, -0.2) is 47.9 Å². The molecule has 0 saturated carbocycles. The van der Waals surface area contributed by atoms with Gasteiger partial charge in [-0.15, -0.1) is 0 Å². The van der Waals surface area contributed by atoms with E-state index in [4.69, 9.17) is 0 Å². The van der Waals surface area contributed by atoms with Crippen molar-refractivity contribution < 1.29 is 4.79 Å². The maximum Gasteiger partial charge on any atom is 0.254 e. The summed E-state index contributed by atoms with van der Waals surface area (Å²) >= 11 is 3.55. The van der Waals surface area contributed by atoms with Gasteiger partial charge in [0.25, 0.3) is 5.91 Å². The highest BCUT2D eigenvalue weighted by Gasteiger charge is 2.27. The molecule has 0 N–H and O–H groups in total. The predicted molar refractivity (Wildman–Crippen MR) is 84.0 cm³/mol. The second-order valence-corrected chi connectivity index (χ2v) is 6.69. The number of likely N-dealkylation sites (tertiary alicyclic amines) is 1. The highest BCUT2D eigenvalue weighted by molar-refractivity contribution is 9.10. The first-order valence-electron chi connectivity index (χ1n) is 7.47. The molecule has 3 rings (SSSR count). The Labute approximate surface area is 129 Å². The van der Waals surface area contributed by atoms with Crippen LogP contribution in [0.15, 0.2) is 22.7 Å². The van der Waals surface area contributed by atoms with E-state index in [1.165, 1.54) is 24.9 Å². The normalized spacial score (nSPS) is 23.2. The molecule has 4 heteroatoms. The Bertz CT molecular complexity index is 517. The molecule has 3 nitrogen and oxygen atoms in total. The summed E-state index contributed by atoms with van der Waals surface area (Å²) < 4.78 is 1.07. The van der Waals surface area contributed by atoms with Gasteiger partial charge < -0.3 is 4.90 Å². The van der Waals surface area contributed by atoms with Crippen molar-refractivity contribution in [2.24, 2.45) is 0 Å². The summed E-state index contributed by atoms with van der Waals surface area (Å²) in [5.74, 6) is 0.194. The number of amides is 1. The maximum atomic E-state index is 12.5. The molecule has 2 aliphatic heterocycles. The van der Waals surface area contributed by atoms with Crippen LogP contribution in [0.2, 0.25) is 0 Å². The van der Waals surface area contributed by atoms with Gasteiger partial charge in [0.1, 0.15) is 0 Å². The van der Waals surface area contributed by atoms with E-state index in [9.17, 15) is 4.79 Å². The SMILES string of the molecule is CC1CCCN1CCN1CCc2c(Br)cccc2C1=O. The van der Waals surface area contributed by atoms with Crippen molar-refractivity contribution >= 4 is 21.8 Å². The lowest BCUT2D eigenvalue weighted by Crippen LogP contribution is -2.43. The summed E-state index contributed by atoms with van der Waals surface area (Å²) in [7, 11) is 0. The molecule has 1 fully saturated rings. The molecule has 0 aliphatic carbocycles. The van der Waals surface area contributed by atoms with Gasteiger partial charge in [-0.3, -0.25) is 9.69 Å². The molecule has 1 saturated heterocycles. The summed E-state index contributed by atoms with van der Waals surface area (Å²) in [6, 6.07) is 6.60. The minimum Gasteiger partial charge on any atom is -0.337 e. The Hall–Kier alpha value is -0.870. The van der Waals surface area contributed by atoms with Crippen LogP contribution in [0.1, 0.15) is 35.7 Å². The summed E-state index contributed by atoms with van der Waals surface area (Å²) in [6.45, 7) is 6.19. The smallest absolute Gasteiger partial charge is 0.254 e. The number of fused-ring (bicyclic) bond motifs is 1. The number of carbonyl (C=O) groups is 1. The van der Waals surface area contributed by atoms with E-state index in [2.05, 4.69) is 27.8 Å². The van der Waals surface area contributed by atoms with Crippen molar-refractivity contribution in [1.82, 2.24) is 9.80 Å². The van der Waals surface area contributed by atoms with E-state index in [1.54, 1.807) is 0 Å².